The first-order valence-electron chi connectivity index (χ1n) is 7.92. The number of nitrogens with two attached hydrogens (primary N) is 1. The van der Waals surface area contributed by atoms with Crippen LogP contribution in [0.15, 0.2) is 18.3 Å². The summed E-state index contributed by atoms with van der Waals surface area (Å²) < 4.78 is 0. The SMILES string of the molecule is NCC1CCN(c2nccc(Nc3cc(C4CC4)[nH]n3)n2)C1. The van der Waals surface area contributed by atoms with E-state index in [1.54, 1.807) is 6.20 Å². The molecule has 3 heterocycles. The van der Waals surface area contributed by atoms with Gasteiger partial charge in [0, 0.05) is 37.0 Å². The van der Waals surface area contributed by atoms with E-state index in [9.17, 15) is 0 Å². The van der Waals surface area contributed by atoms with Crippen molar-refractivity contribution in [3.05, 3.63) is 24.0 Å². The number of H-pyrrole nitrogens is 1. The van der Waals surface area contributed by atoms with E-state index in [1.807, 2.05) is 6.07 Å². The Morgan fingerprint density at radius 1 is 1.32 bits per heavy atom. The summed E-state index contributed by atoms with van der Waals surface area (Å²) >= 11 is 0. The van der Waals surface area contributed by atoms with Crippen molar-refractivity contribution < 1.29 is 0 Å². The van der Waals surface area contributed by atoms with Crippen molar-refractivity contribution >= 4 is 17.6 Å². The summed E-state index contributed by atoms with van der Waals surface area (Å²) in [7, 11) is 0. The van der Waals surface area contributed by atoms with Crippen molar-refractivity contribution in [2.45, 2.75) is 25.2 Å². The van der Waals surface area contributed by atoms with E-state index in [0.717, 1.165) is 43.6 Å². The van der Waals surface area contributed by atoms with Gasteiger partial charge in [-0.25, -0.2) is 4.98 Å². The number of anilines is 3. The molecule has 116 valence electrons. The predicted molar refractivity (Wildman–Crippen MR) is 85.3 cm³/mol. The van der Waals surface area contributed by atoms with Gasteiger partial charge < -0.3 is 16.0 Å². The fourth-order valence-electron chi connectivity index (χ4n) is 2.91. The second-order valence-electron chi connectivity index (χ2n) is 6.19. The molecule has 1 aliphatic carbocycles. The number of aromatic amines is 1. The van der Waals surface area contributed by atoms with Gasteiger partial charge in [0.05, 0.1) is 0 Å². The van der Waals surface area contributed by atoms with E-state index in [0.29, 0.717) is 11.8 Å². The van der Waals surface area contributed by atoms with Crippen LogP contribution >= 0.6 is 0 Å². The van der Waals surface area contributed by atoms with E-state index in [4.69, 9.17) is 5.73 Å². The lowest BCUT2D eigenvalue weighted by Crippen LogP contribution is -2.24. The van der Waals surface area contributed by atoms with E-state index in [2.05, 4.69) is 36.4 Å². The van der Waals surface area contributed by atoms with Crippen molar-refractivity contribution in [3.63, 3.8) is 0 Å². The first-order chi connectivity index (χ1) is 10.8. The molecule has 1 atom stereocenters. The molecule has 7 heteroatoms. The van der Waals surface area contributed by atoms with Gasteiger partial charge in [0.1, 0.15) is 5.82 Å². The molecule has 4 N–H and O–H groups in total. The van der Waals surface area contributed by atoms with Gasteiger partial charge in [-0.05, 0) is 37.8 Å². The zero-order chi connectivity index (χ0) is 14.9. The van der Waals surface area contributed by atoms with Crippen LogP contribution < -0.4 is 16.0 Å². The van der Waals surface area contributed by atoms with E-state index >= 15 is 0 Å². The van der Waals surface area contributed by atoms with Crippen LogP contribution in [0.4, 0.5) is 17.6 Å². The third-order valence-electron chi connectivity index (χ3n) is 4.42. The third kappa shape index (κ3) is 2.76. The lowest BCUT2D eigenvalue weighted by Gasteiger charge is -2.16. The molecule has 1 saturated carbocycles. The molecule has 0 aromatic carbocycles. The van der Waals surface area contributed by atoms with Crippen molar-refractivity contribution in [1.82, 2.24) is 20.2 Å². The van der Waals surface area contributed by atoms with Crippen LogP contribution in [-0.4, -0.2) is 39.8 Å². The van der Waals surface area contributed by atoms with Gasteiger partial charge in [-0.15, -0.1) is 0 Å². The smallest absolute Gasteiger partial charge is 0.227 e. The monoisotopic (exact) mass is 299 g/mol. The van der Waals surface area contributed by atoms with E-state index in [-0.39, 0.29) is 0 Å². The molecule has 2 fully saturated rings. The van der Waals surface area contributed by atoms with Crippen LogP contribution in [0.3, 0.4) is 0 Å². The highest BCUT2D eigenvalue weighted by Gasteiger charge is 2.26. The number of hydrogen-bond donors (Lipinski definition) is 3. The lowest BCUT2D eigenvalue weighted by atomic mass is 10.1. The van der Waals surface area contributed by atoms with Crippen molar-refractivity contribution in [2.75, 3.05) is 29.9 Å². The Morgan fingerprint density at radius 2 is 2.23 bits per heavy atom. The Labute approximate surface area is 129 Å². The second kappa shape index (κ2) is 5.57. The molecular formula is C15H21N7. The Balaban J connectivity index is 1.46. The Kier molecular flexibility index (Phi) is 3.42. The molecule has 0 bridgehead atoms. The first-order valence-corrected chi connectivity index (χ1v) is 7.92. The Bertz CT molecular complexity index is 649. The minimum Gasteiger partial charge on any atom is -0.340 e. The maximum atomic E-state index is 5.75. The molecule has 22 heavy (non-hydrogen) atoms. The summed E-state index contributed by atoms with van der Waals surface area (Å²) in [5.74, 6) is 3.57. The molecular weight excluding hydrogens is 278 g/mol. The summed E-state index contributed by atoms with van der Waals surface area (Å²) in [4.78, 5) is 11.2. The van der Waals surface area contributed by atoms with E-state index < -0.39 is 0 Å². The molecule has 2 aliphatic rings. The standard InChI is InChI=1S/C15H21N7/c16-8-10-4-6-22(9-10)15-17-5-3-13(19-15)18-14-7-12(20-21-14)11-1-2-11/h3,5,7,10-11H,1-2,4,6,8-9,16H2,(H2,17,18,19,20,21). The minimum absolute atomic E-state index is 0.549. The fraction of sp³-hybridized carbons (Fsp3) is 0.533. The molecule has 1 unspecified atom stereocenters. The van der Waals surface area contributed by atoms with Gasteiger partial charge in [0.2, 0.25) is 5.95 Å². The number of aromatic nitrogens is 4. The van der Waals surface area contributed by atoms with Crippen molar-refractivity contribution in [1.29, 1.82) is 0 Å². The predicted octanol–water partition coefficient (Wildman–Crippen LogP) is 1.61. The minimum atomic E-state index is 0.549. The molecule has 2 aromatic heterocycles. The molecule has 2 aromatic rings. The van der Waals surface area contributed by atoms with Crippen molar-refractivity contribution in [3.8, 4) is 0 Å². The van der Waals surface area contributed by atoms with Gasteiger partial charge in [-0.3, -0.25) is 5.10 Å². The van der Waals surface area contributed by atoms with Crippen LogP contribution in [0.25, 0.3) is 0 Å². The summed E-state index contributed by atoms with van der Waals surface area (Å²) in [5, 5.41) is 10.6. The largest absolute Gasteiger partial charge is 0.340 e. The summed E-state index contributed by atoms with van der Waals surface area (Å²) in [6.45, 7) is 2.64. The van der Waals surface area contributed by atoms with E-state index in [1.165, 1.54) is 18.5 Å². The molecule has 0 spiro atoms. The average Bonchev–Trinajstić information content (AvgIpc) is 3.10. The number of hydrogen-bond acceptors (Lipinski definition) is 6. The normalized spacial score (nSPS) is 21.3. The van der Waals surface area contributed by atoms with Crippen LogP contribution in [-0.2, 0) is 0 Å². The molecule has 1 aliphatic heterocycles. The highest BCUT2D eigenvalue weighted by atomic mass is 15.3. The Morgan fingerprint density at radius 3 is 3.00 bits per heavy atom. The lowest BCUT2D eigenvalue weighted by molar-refractivity contribution is 0.602. The Hall–Kier alpha value is -2.15. The van der Waals surface area contributed by atoms with Crippen LogP contribution in [0.2, 0.25) is 0 Å². The molecule has 4 rings (SSSR count). The topological polar surface area (TPSA) is 95.8 Å². The van der Waals surface area contributed by atoms with Crippen LogP contribution in [0.1, 0.15) is 30.9 Å². The maximum absolute atomic E-state index is 5.75. The zero-order valence-electron chi connectivity index (χ0n) is 12.5. The summed E-state index contributed by atoms with van der Waals surface area (Å²) in [6.07, 6.45) is 5.42. The molecule has 1 saturated heterocycles. The van der Waals surface area contributed by atoms with Gasteiger partial charge in [0.15, 0.2) is 5.82 Å². The first kappa shape index (κ1) is 13.5. The fourth-order valence-corrected chi connectivity index (χ4v) is 2.91. The summed E-state index contributed by atoms with van der Waals surface area (Å²) in [6, 6.07) is 3.94. The summed E-state index contributed by atoms with van der Waals surface area (Å²) in [5.41, 5.74) is 6.96. The highest BCUT2D eigenvalue weighted by molar-refractivity contribution is 5.53. The van der Waals surface area contributed by atoms with Gasteiger partial charge in [-0.1, -0.05) is 0 Å². The number of nitrogens with zero attached hydrogens (tertiary/aromatic N) is 4. The molecule has 0 radical (unpaired) electrons. The zero-order valence-corrected chi connectivity index (χ0v) is 12.5. The third-order valence-corrected chi connectivity index (χ3v) is 4.42. The highest BCUT2D eigenvalue weighted by Crippen LogP contribution is 2.39. The van der Waals surface area contributed by atoms with Crippen LogP contribution in [0.5, 0.6) is 0 Å². The maximum Gasteiger partial charge on any atom is 0.227 e. The molecule has 0 amide bonds. The van der Waals surface area contributed by atoms with Crippen molar-refractivity contribution in [2.24, 2.45) is 11.7 Å². The van der Waals surface area contributed by atoms with Gasteiger partial charge >= 0.3 is 0 Å². The second-order valence-corrected chi connectivity index (χ2v) is 6.19. The van der Waals surface area contributed by atoms with Crippen LogP contribution in [0, 0.1) is 5.92 Å². The molecule has 7 nitrogen and oxygen atoms in total. The number of nitrogens with one attached hydrogen (secondary N) is 2. The van der Waals surface area contributed by atoms with Gasteiger partial charge in [-0.2, -0.15) is 10.1 Å². The quantitative estimate of drug-likeness (QED) is 0.776. The van der Waals surface area contributed by atoms with Gasteiger partial charge in [0.25, 0.3) is 0 Å². The average molecular weight is 299 g/mol. The number of rotatable bonds is 5.